The number of nitrogens with zero attached hydrogens (tertiary/aromatic N) is 2. The fraction of sp³-hybridized carbons (Fsp3) is 0.429. The van der Waals surface area contributed by atoms with Gasteiger partial charge in [-0.05, 0) is 13.8 Å². The molecule has 0 atom stereocenters. The molecule has 0 bridgehead atoms. The Morgan fingerprint density at radius 3 is 3.00 bits per heavy atom. The van der Waals surface area contributed by atoms with Crippen LogP contribution < -0.4 is 4.74 Å². The minimum absolute atomic E-state index is 0.223. The number of aromatic nitrogens is 2. The van der Waals surface area contributed by atoms with Gasteiger partial charge in [0.2, 0.25) is 0 Å². The molecule has 1 rings (SSSR count). The average molecular weight is 154 g/mol. The zero-order valence-corrected chi connectivity index (χ0v) is 6.57. The summed E-state index contributed by atoms with van der Waals surface area (Å²) < 4.78 is 9.73. The summed E-state index contributed by atoms with van der Waals surface area (Å²) >= 11 is 0. The van der Waals surface area contributed by atoms with Crippen molar-refractivity contribution in [3.05, 3.63) is 18.0 Å². The Morgan fingerprint density at radius 1 is 1.64 bits per heavy atom. The molecule has 0 unspecified atom stereocenters. The van der Waals surface area contributed by atoms with Crippen LogP contribution in [-0.2, 0) is 0 Å². The highest BCUT2D eigenvalue weighted by molar-refractivity contribution is 4.89. The molecule has 4 heteroatoms. The van der Waals surface area contributed by atoms with E-state index in [0.717, 1.165) is 0 Å². The lowest BCUT2D eigenvalue weighted by molar-refractivity contribution is 0.226. The van der Waals surface area contributed by atoms with E-state index in [1.54, 1.807) is 6.92 Å². The smallest absolute Gasteiger partial charge is 0.417 e. The molecule has 0 aliphatic carbocycles. The summed E-state index contributed by atoms with van der Waals surface area (Å²) in [5.41, 5.74) is 0. The van der Waals surface area contributed by atoms with Gasteiger partial charge in [-0.25, -0.2) is 0 Å². The van der Waals surface area contributed by atoms with Crippen LogP contribution in [0.3, 0.4) is 0 Å². The molecular formula is C7H10N2O2. The van der Waals surface area contributed by atoms with Crippen molar-refractivity contribution in [1.82, 2.24) is 10.1 Å². The minimum atomic E-state index is 0.223. The molecule has 1 heterocycles. The fourth-order valence-electron chi connectivity index (χ4n) is 0.552. The second kappa shape index (κ2) is 3.75. The van der Waals surface area contributed by atoms with Gasteiger partial charge < -0.3 is 4.74 Å². The quantitative estimate of drug-likeness (QED) is 0.616. The van der Waals surface area contributed by atoms with E-state index in [9.17, 15) is 0 Å². The topological polar surface area (TPSA) is 48.2 Å². The van der Waals surface area contributed by atoms with Gasteiger partial charge >= 0.3 is 6.08 Å². The molecule has 0 radical (unpaired) electrons. The van der Waals surface area contributed by atoms with Crippen LogP contribution in [0.2, 0.25) is 0 Å². The maximum Gasteiger partial charge on any atom is 0.417 e. The van der Waals surface area contributed by atoms with Crippen molar-refractivity contribution < 1.29 is 9.26 Å². The van der Waals surface area contributed by atoms with Gasteiger partial charge in [0.15, 0.2) is 5.82 Å². The van der Waals surface area contributed by atoms with E-state index in [-0.39, 0.29) is 6.08 Å². The first-order valence-corrected chi connectivity index (χ1v) is 3.37. The van der Waals surface area contributed by atoms with Crippen molar-refractivity contribution in [2.45, 2.75) is 13.8 Å². The highest BCUT2D eigenvalue weighted by Crippen LogP contribution is 2.04. The lowest BCUT2D eigenvalue weighted by atomic mass is 10.6. The Labute approximate surface area is 64.9 Å². The van der Waals surface area contributed by atoms with Gasteiger partial charge in [0.1, 0.15) is 6.61 Å². The Bertz CT molecular complexity index is 242. The van der Waals surface area contributed by atoms with E-state index in [1.807, 2.05) is 19.1 Å². The van der Waals surface area contributed by atoms with Crippen LogP contribution >= 0.6 is 0 Å². The zero-order valence-electron chi connectivity index (χ0n) is 6.57. The molecular weight excluding hydrogens is 144 g/mol. The third-order valence-electron chi connectivity index (χ3n) is 1.05. The van der Waals surface area contributed by atoms with Gasteiger partial charge in [-0.1, -0.05) is 17.3 Å². The highest BCUT2D eigenvalue weighted by Gasteiger charge is 1.99. The molecule has 0 aromatic carbocycles. The first-order chi connectivity index (χ1) is 5.33. The molecule has 0 N–H and O–H groups in total. The van der Waals surface area contributed by atoms with E-state index in [0.29, 0.717) is 12.4 Å². The first kappa shape index (κ1) is 7.78. The zero-order chi connectivity index (χ0) is 8.10. The molecule has 11 heavy (non-hydrogen) atoms. The van der Waals surface area contributed by atoms with E-state index < -0.39 is 0 Å². The second-order valence-electron chi connectivity index (χ2n) is 1.99. The third kappa shape index (κ3) is 2.41. The van der Waals surface area contributed by atoms with Gasteiger partial charge in [0.05, 0.1) is 0 Å². The fourth-order valence-corrected chi connectivity index (χ4v) is 0.552. The van der Waals surface area contributed by atoms with E-state index in [1.165, 1.54) is 0 Å². The van der Waals surface area contributed by atoms with Crippen LogP contribution in [0.25, 0.3) is 0 Å². The van der Waals surface area contributed by atoms with Crippen LogP contribution in [0.1, 0.15) is 12.7 Å². The van der Waals surface area contributed by atoms with Crippen LogP contribution in [0.5, 0.6) is 6.08 Å². The van der Waals surface area contributed by atoms with Gasteiger partial charge in [-0.15, -0.1) is 0 Å². The van der Waals surface area contributed by atoms with Gasteiger partial charge in [-0.2, -0.15) is 4.98 Å². The number of rotatable bonds is 3. The summed E-state index contributed by atoms with van der Waals surface area (Å²) in [5.74, 6) is 0.584. The number of hydrogen-bond donors (Lipinski definition) is 0. The molecule has 1 aromatic rings. The molecule has 0 aliphatic heterocycles. The molecule has 0 saturated carbocycles. The molecule has 4 nitrogen and oxygen atoms in total. The molecule has 0 spiro atoms. The standard InChI is InChI=1S/C7H10N2O2/c1-3-4-5-10-7-8-6(2)9-11-7/h3-4H,5H2,1-2H3/b4-3+. The maximum absolute atomic E-state index is 5.04. The monoisotopic (exact) mass is 154 g/mol. The molecule has 60 valence electrons. The molecule has 0 fully saturated rings. The Balaban J connectivity index is 2.38. The van der Waals surface area contributed by atoms with E-state index in [2.05, 4.69) is 10.1 Å². The predicted molar refractivity (Wildman–Crippen MR) is 39.3 cm³/mol. The number of hydrogen-bond acceptors (Lipinski definition) is 4. The number of ether oxygens (including phenoxy) is 1. The van der Waals surface area contributed by atoms with E-state index >= 15 is 0 Å². The largest absolute Gasteiger partial charge is 0.445 e. The van der Waals surface area contributed by atoms with Crippen molar-refractivity contribution in [1.29, 1.82) is 0 Å². The van der Waals surface area contributed by atoms with Crippen LogP contribution in [0.4, 0.5) is 0 Å². The summed E-state index contributed by atoms with van der Waals surface area (Å²) in [7, 11) is 0. The van der Waals surface area contributed by atoms with Gasteiger partial charge in [-0.3, -0.25) is 4.52 Å². The van der Waals surface area contributed by atoms with Crippen LogP contribution in [-0.4, -0.2) is 16.7 Å². The summed E-state index contributed by atoms with van der Waals surface area (Å²) in [6, 6.07) is 0. The SMILES string of the molecule is C/C=C/COc1nc(C)no1. The molecule has 0 aliphatic rings. The number of allylic oxidation sites excluding steroid dienone is 1. The van der Waals surface area contributed by atoms with Crippen molar-refractivity contribution in [3.8, 4) is 6.08 Å². The van der Waals surface area contributed by atoms with Gasteiger partial charge in [0, 0.05) is 0 Å². The first-order valence-electron chi connectivity index (χ1n) is 3.37. The van der Waals surface area contributed by atoms with Crippen molar-refractivity contribution in [2.75, 3.05) is 6.61 Å². The average Bonchev–Trinajstić information content (AvgIpc) is 2.37. The summed E-state index contributed by atoms with van der Waals surface area (Å²) in [6.45, 7) is 4.13. The summed E-state index contributed by atoms with van der Waals surface area (Å²) in [6.07, 6.45) is 3.98. The maximum atomic E-state index is 5.04. The molecule has 1 aromatic heterocycles. The Kier molecular flexibility index (Phi) is 2.66. The van der Waals surface area contributed by atoms with Crippen molar-refractivity contribution in [3.63, 3.8) is 0 Å². The third-order valence-corrected chi connectivity index (χ3v) is 1.05. The predicted octanol–water partition coefficient (Wildman–Crippen LogP) is 1.33. The lowest BCUT2D eigenvalue weighted by Crippen LogP contribution is -1.92. The van der Waals surface area contributed by atoms with E-state index in [4.69, 9.17) is 9.26 Å². The summed E-state index contributed by atoms with van der Waals surface area (Å²) in [5, 5.41) is 3.56. The van der Waals surface area contributed by atoms with Gasteiger partial charge in [0.25, 0.3) is 0 Å². The molecule has 0 saturated heterocycles. The number of aryl methyl sites for hydroxylation is 1. The molecule has 0 amide bonds. The normalized spacial score (nSPS) is 10.7. The second-order valence-corrected chi connectivity index (χ2v) is 1.99. The lowest BCUT2D eigenvalue weighted by Gasteiger charge is -1.91. The van der Waals surface area contributed by atoms with Crippen molar-refractivity contribution >= 4 is 0 Å². The Hall–Kier alpha value is -1.32. The van der Waals surface area contributed by atoms with Crippen LogP contribution in [0.15, 0.2) is 16.7 Å². The van der Waals surface area contributed by atoms with Crippen LogP contribution in [0, 0.1) is 6.92 Å². The Morgan fingerprint density at radius 2 is 2.45 bits per heavy atom. The van der Waals surface area contributed by atoms with Crippen molar-refractivity contribution in [2.24, 2.45) is 0 Å². The summed E-state index contributed by atoms with van der Waals surface area (Å²) in [4.78, 5) is 3.85. The highest BCUT2D eigenvalue weighted by atomic mass is 16.6. The minimum Gasteiger partial charge on any atom is -0.445 e.